The van der Waals surface area contributed by atoms with E-state index in [4.69, 9.17) is 11.6 Å². The van der Waals surface area contributed by atoms with Crippen LogP contribution in [0.15, 0.2) is 64.4 Å². The molecule has 0 bridgehead atoms. The van der Waals surface area contributed by atoms with E-state index >= 15 is 0 Å². The smallest absolute Gasteiger partial charge is 0.183 e. The third-order valence-electron chi connectivity index (χ3n) is 2.64. The zero-order valence-electron chi connectivity index (χ0n) is 10.9. The van der Waals surface area contributed by atoms with Crippen molar-refractivity contribution in [1.82, 2.24) is 0 Å². The lowest BCUT2D eigenvalue weighted by atomic mass is 10.0. The molecule has 0 spiro atoms. The van der Waals surface area contributed by atoms with E-state index in [1.807, 2.05) is 42.5 Å². The molecule has 2 aromatic rings. The highest BCUT2D eigenvalue weighted by Crippen LogP contribution is 2.28. The monoisotopic (exact) mass is 290 g/mol. The molecule has 19 heavy (non-hydrogen) atoms. The zero-order valence-corrected chi connectivity index (χ0v) is 12.5. The van der Waals surface area contributed by atoms with E-state index in [2.05, 4.69) is 12.1 Å². The molecule has 98 valence electrons. The summed E-state index contributed by atoms with van der Waals surface area (Å²) in [6, 6.07) is 17.7. The molecule has 0 radical (unpaired) electrons. The van der Waals surface area contributed by atoms with Crippen LogP contribution in [-0.4, -0.2) is 10.7 Å². The summed E-state index contributed by atoms with van der Waals surface area (Å²) in [5.41, 5.74) is 0.650. The van der Waals surface area contributed by atoms with E-state index in [-0.39, 0.29) is 5.78 Å². The number of halogens is 1. The second kappa shape index (κ2) is 5.81. The molecule has 1 nitrogen and oxygen atoms in total. The quantitative estimate of drug-likeness (QED) is 0.580. The molecule has 3 heteroatoms. The summed E-state index contributed by atoms with van der Waals surface area (Å²) in [7, 11) is 0. The van der Waals surface area contributed by atoms with E-state index in [1.165, 1.54) is 4.90 Å². The van der Waals surface area contributed by atoms with Gasteiger partial charge in [-0.15, -0.1) is 11.6 Å². The molecule has 0 N–H and O–H groups in total. The number of Topliss-reactive ketones (excluding diaryl/α,β-unsaturated/α-hetero) is 1. The number of carbonyl (C=O) groups is 1. The van der Waals surface area contributed by atoms with Crippen LogP contribution < -0.4 is 0 Å². The van der Waals surface area contributed by atoms with E-state index in [0.29, 0.717) is 5.56 Å². The summed E-state index contributed by atoms with van der Waals surface area (Å²) in [5, 5.41) is 0. The molecule has 0 aliphatic rings. The first-order valence-corrected chi connectivity index (χ1v) is 7.23. The number of carbonyl (C=O) groups excluding carboxylic acids is 1. The highest BCUT2D eigenvalue weighted by atomic mass is 35.5. The van der Waals surface area contributed by atoms with Crippen LogP contribution in [0.2, 0.25) is 0 Å². The van der Waals surface area contributed by atoms with Gasteiger partial charge < -0.3 is 0 Å². The minimum Gasteiger partial charge on any atom is -0.292 e. The maximum Gasteiger partial charge on any atom is 0.183 e. The van der Waals surface area contributed by atoms with Crippen LogP contribution >= 0.6 is 23.4 Å². The Morgan fingerprint density at radius 3 is 2.00 bits per heavy atom. The molecule has 0 aromatic heterocycles. The first-order valence-electron chi connectivity index (χ1n) is 6.03. The average molecular weight is 291 g/mol. The molecule has 0 fully saturated rings. The van der Waals surface area contributed by atoms with Crippen molar-refractivity contribution in [2.45, 2.75) is 28.5 Å². The Hall–Kier alpha value is -1.25. The Bertz CT molecular complexity index is 556. The van der Waals surface area contributed by atoms with Gasteiger partial charge in [0.05, 0.1) is 0 Å². The number of rotatable bonds is 4. The Kier molecular flexibility index (Phi) is 4.33. The summed E-state index contributed by atoms with van der Waals surface area (Å²) in [4.78, 5) is 13.4. The molecular weight excluding hydrogens is 276 g/mol. The maximum atomic E-state index is 12.0. The van der Waals surface area contributed by atoms with Gasteiger partial charge in [-0.1, -0.05) is 42.1 Å². The van der Waals surface area contributed by atoms with Crippen LogP contribution in [0.3, 0.4) is 0 Å². The lowest BCUT2D eigenvalue weighted by Crippen LogP contribution is -2.24. The normalized spacial score (nSPS) is 11.3. The Morgan fingerprint density at radius 1 is 0.947 bits per heavy atom. The molecule has 0 saturated carbocycles. The topological polar surface area (TPSA) is 17.1 Å². The zero-order chi connectivity index (χ0) is 13.9. The molecule has 0 aliphatic heterocycles. The van der Waals surface area contributed by atoms with Crippen LogP contribution in [0, 0.1) is 0 Å². The fraction of sp³-hybridized carbons (Fsp3) is 0.188. The van der Waals surface area contributed by atoms with Gasteiger partial charge in [-0.3, -0.25) is 4.79 Å². The number of ketones is 1. The molecule has 0 saturated heterocycles. The third-order valence-corrected chi connectivity index (χ3v) is 3.82. The largest absolute Gasteiger partial charge is 0.292 e. The highest BCUT2D eigenvalue weighted by molar-refractivity contribution is 7.99. The fourth-order valence-corrected chi connectivity index (χ4v) is 2.59. The molecule has 0 heterocycles. The summed E-state index contributed by atoms with van der Waals surface area (Å²) < 4.78 is 0. The maximum absolute atomic E-state index is 12.0. The van der Waals surface area contributed by atoms with Crippen LogP contribution in [0.4, 0.5) is 0 Å². The molecule has 0 atom stereocenters. The van der Waals surface area contributed by atoms with Crippen molar-refractivity contribution < 1.29 is 4.79 Å². The van der Waals surface area contributed by atoms with Gasteiger partial charge in [0.25, 0.3) is 0 Å². The highest BCUT2D eigenvalue weighted by Gasteiger charge is 2.25. The molecule has 2 aromatic carbocycles. The average Bonchev–Trinajstić information content (AvgIpc) is 2.39. The molecule has 0 amide bonds. The van der Waals surface area contributed by atoms with Crippen molar-refractivity contribution in [3.05, 3.63) is 60.2 Å². The van der Waals surface area contributed by atoms with E-state index in [1.54, 1.807) is 25.6 Å². The first-order chi connectivity index (χ1) is 8.97. The van der Waals surface area contributed by atoms with Gasteiger partial charge >= 0.3 is 0 Å². The van der Waals surface area contributed by atoms with Crippen molar-refractivity contribution in [2.24, 2.45) is 0 Å². The number of benzene rings is 2. The van der Waals surface area contributed by atoms with Crippen molar-refractivity contribution in [2.75, 3.05) is 0 Å². The van der Waals surface area contributed by atoms with Gasteiger partial charge in [-0.2, -0.15) is 0 Å². The van der Waals surface area contributed by atoms with Gasteiger partial charge in [0.15, 0.2) is 5.78 Å². The lowest BCUT2D eigenvalue weighted by Gasteiger charge is -2.14. The number of hydrogen-bond acceptors (Lipinski definition) is 2. The van der Waals surface area contributed by atoms with E-state index in [0.717, 1.165) is 4.90 Å². The number of alkyl halides is 1. The summed E-state index contributed by atoms with van der Waals surface area (Å²) >= 11 is 7.70. The van der Waals surface area contributed by atoms with Crippen molar-refractivity contribution in [1.29, 1.82) is 0 Å². The molecule has 2 rings (SSSR count). The minimum atomic E-state index is -0.853. The predicted octanol–water partition coefficient (Wildman–Crippen LogP) is 5.04. The van der Waals surface area contributed by atoms with Gasteiger partial charge in [0.1, 0.15) is 4.87 Å². The third kappa shape index (κ3) is 3.85. The second-order valence-electron chi connectivity index (χ2n) is 4.74. The van der Waals surface area contributed by atoms with Gasteiger partial charge in [-0.05, 0) is 38.1 Å². The van der Waals surface area contributed by atoms with Crippen molar-refractivity contribution >= 4 is 29.1 Å². The Labute approximate surface area is 123 Å². The first kappa shape index (κ1) is 14.2. The van der Waals surface area contributed by atoms with Crippen LogP contribution in [0.1, 0.15) is 24.2 Å². The predicted molar refractivity (Wildman–Crippen MR) is 81.3 cm³/mol. The Morgan fingerprint density at radius 2 is 1.47 bits per heavy atom. The summed E-state index contributed by atoms with van der Waals surface area (Å²) in [5.74, 6) is -0.0505. The fourth-order valence-electron chi connectivity index (χ4n) is 1.64. The number of hydrogen-bond donors (Lipinski definition) is 0. The SMILES string of the molecule is CC(C)(Cl)C(=O)c1ccc(Sc2ccccc2)cc1. The van der Waals surface area contributed by atoms with Crippen LogP contribution in [-0.2, 0) is 0 Å². The van der Waals surface area contributed by atoms with Gasteiger partial charge in [-0.25, -0.2) is 0 Å². The van der Waals surface area contributed by atoms with Crippen molar-refractivity contribution in [3.8, 4) is 0 Å². The molecular formula is C16H15ClOS. The van der Waals surface area contributed by atoms with Gasteiger partial charge in [0.2, 0.25) is 0 Å². The van der Waals surface area contributed by atoms with E-state index in [9.17, 15) is 4.79 Å². The minimum absolute atomic E-state index is 0.0505. The van der Waals surface area contributed by atoms with Crippen LogP contribution in [0.25, 0.3) is 0 Å². The van der Waals surface area contributed by atoms with Crippen molar-refractivity contribution in [3.63, 3.8) is 0 Å². The summed E-state index contributed by atoms with van der Waals surface area (Å²) in [6.45, 7) is 3.42. The Balaban J connectivity index is 2.13. The van der Waals surface area contributed by atoms with Gasteiger partial charge in [0, 0.05) is 15.4 Å². The second-order valence-corrected chi connectivity index (χ2v) is 6.83. The summed E-state index contributed by atoms with van der Waals surface area (Å²) in [6.07, 6.45) is 0. The van der Waals surface area contributed by atoms with E-state index < -0.39 is 4.87 Å². The standard InChI is InChI=1S/C16H15ClOS/c1-16(2,17)15(18)12-8-10-14(11-9-12)19-13-6-4-3-5-7-13/h3-11H,1-2H3. The molecule has 0 aliphatic carbocycles. The lowest BCUT2D eigenvalue weighted by molar-refractivity contribution is 0.0954. The van der Waals surface area contributed by atoms with Crippen LogP contribution in [0.5, 0.6) is 0 Å². The molecule has 0 unspecified atom stereocenters.